The van der Waals surface area contributed by atoms with Crippen molar-refractivity contribution in [2.45, 2.75) is 46.0 Å². The predicted molar refractivity (Wildman–Crippen MR) is 96.3 cm³/mol. The van der Waals surface area contributed by atoms with Gasteiger partial charge in [-0.2, -0.15) is 0 Å². The molecule has 0 heterocycles. The van der Waals surface area contributed by atoms with E-state index in [1.54, 1.807) is 0 Å². The fraction of sp³-hybridized carbons (Fsp3) is 0.611. The van der Waals surface area contributed by atoms with E-state index in [4.69, 9.17) is 0 Å². The Hall–Kier alpha value is -1.95. The smallest absolute Gasteiger partial charge is 0.269 e. The van der Waals surface area contributed by atoms with Crippen molar-refractivity contribution in [3.05, 3.63) is 39.9 Å². The molecule has 0 unspecified atom stereocenters. The number of hydrogen-bond donors (Lipinski definition) is 1. The minimum Gasteiger partial charge on any atom is -0.352 e. The summed E-state index contributed by atoms with van der Waals surface area (Å²) in [5, 5.41) is 13.5. The van der Waals surface area contributed by atoms with E-state index in [9.17, 15) is 14.9 Å². The fourth-order valence-corrected chi connectivity index (χ4v) is 2.44. The van der Waals surface area contributed by atoms with Gasteiger partial charge in [0, 0.05) is 24.2 Å². The molecule has 0 aliphatic rings. The quantitative estimate of drug-likeness (QED) is 0.360. The maximum absolute atomic E-state index is 12.0. The third kappa shape index (κ3) is 7.55. The highest BCUT2D eigenvalue weighted by molar-refractivity contribution is 5.94. The van der Waals surface area contributed by atoms with Crippen LogP contribution in [0.5, 0.6) is 0 Å². The Kier molecular flexibility index (Phi) is 9.68. The van der Waals surface area contributed by atoms with Crippen LogP contribution in [-0.4, -0.2) is 41.9 Å². The summed E-state index contributed by atoms with van der Waals surface area (Å²) in [6.45, 7) is 8.23. The number of carbonyl (C=O) groups excluding carboxylic acids is 1. The molecule has 0 aromatic heterocycles. The molecule has 1 N–H and O–H groups in total. The number of benzene rings is 1. The number of nitro benzene ring substituents is 1. The van der Waals surface area contributed by atoms with Crippen molar-refractivity contribution in [1.29, 1.82) is 0 Å². The monoisotopic (exact) mass is 335 g/mol. The lowest BCUT2D eigenvalue weighted by Crippen LogP contribution is -2.31. The number of amides is 1. The zero-order valence-corrected chi connectivity index (χ0v) is 14.8. The van der Waals surface area contributed by atoms with E-state index in [2.05, 4.69) is 24.1 Å². The number of nitrogens with zero attached hydrogens (tertiary/aromatic N) is 2. The van der Waals surface area contributed by atoms with Crippen LogP contribution in [0.15, 0.2) is 24.3 Å². The SMILES string of the molecule is CCCCN(CCCC)CCCNC(=O)c1ccc([N+](=O)[O-])cc1. The molecule has 0 radical (unpaired) electrons. The van der Waals surface area contributed by atoms with Gasteiger partial charge in [-0.15, -0.1) is 0 Å². The molecule has 1 aromatic rings. The molecule has 0 fully saturated rings. The molecular formula is C18H29N3O3. The van der Waals surface area contributed by atoms with Gasteiger partial charge in [0.2, 0.25) is 0 Å². The zero-order valence-electron chi connectivity index (χ0n) is 14.8. The summed E-state index contributed by atoms with van der Waals surface area (Å²) >= 11 is 0. The van der Waals surface area contributed by atoms with E-state index >= 15 is 0 Å². The van der Waals surface area contributed by atoms with Crippen LogP contribution in [0.2, 0.25) is 0 Å². The van der Waals surface area contributed by atoms with Crippen molar-refractivity contribution in [1.82, 2.24) is 10.2 Å². The zero-order chi connectivity index (χ0) is 17.8. The second kappa shape index (κ2) is 11.6. The van der Waals surface area contributed by atoms with Gasteiger partial charge >= 0.3 is 0 Å². The third-order valence-corrected chi connectivity index (χ3v) is 3.93. The average molecular weight is 335 g/mol. The van der Waals surface area contributed by atoms with Gasteiger partial charge in [0.1, 0.15) is 0 Å². The predicted octanol–water partition coefficient (Wildman–Crippen LogP) is 3.62. The van der Waals surface area contributed by atoms with Crippen LogP contribution in [-0.2, 0) is 0 Å². The Morgan fingerprint density at radius 2 is 1.58 bits per heavy atom. The Morgan fingerprint density at radius 3 is 2.08 bits per heavy atom. The molecular weight excluding hydrogens is 306 g/mol. The average Bonchev–Trinajstić information content (AvgIpc) is 2.60. The minimum atomic E-state index is -0.469. The first kappa shape index (κ1) is 20.1. The van der Waals surface area contributed by atoms with E-state index in [1.807, 2.05) is 0 Å². The van der Waals surface area contributed by atoms with E-state index in [-0.39, 0.29) is 11.6 Å². The molecule has 6 nitrogen and oxygen atoms in total. The first-order chi connectivity index (χ1) is 11.6. The van der Waals surface area contributed by atoms with Gasteiger partial charge in [-0.25, -0.2) is 0 Å². The van der Waals surface area contributed by atoms with Crippen LogP contribution in [0.4, 0.5) is 5.69 Å². The Balaban J connectivity index is 2.33. The first-order valence-corrected chi connectivity index (χ1v) is 8.83. The summed E-state index contributed by atoms with van der Waals surface area (Å²) in [5.41, 5.74) is 0.448. The van der Waals surface area contributed by atoms with Crippen molar-refractivity contribution in [3.63, 3.8) is 0 Å². The van der Waals surface area contributed by atoms with Crippen LogP contribution in [0.25, 0.3) is 0 Å². The fourth-order valence-electron chi connectivity index (χ4n) is 2.44. The highest BCUT2D eigenvalue weighted by Gasteiger charge is 2.09. The lowest BCUT2D eigenvalue weighted by Gasteiger charge is -2.21. The van der Waals surface area contributed by atoms with Crippen LogP contribution in [0.3, 0.4) is 0 Å². The van der Waals surface area contributed by atoms with Gasteiger partial charge in [0.25, 0.3) is 11.6 Å². The summed E-state index contributed by atoms with van der Waals surface area (Å²) in [6.07, 6.45) is 5.71. The summed E-state index contributed by atoms with van der Waals surface area (Å²) < 4.78 is 0. The van der Waals surface area contributed by atoms with Crippen molar-refractivity contribution in [2.75, 3.05) is 26.2 Å². The van der Waals surface area contributed by atoms with Crippen LogP contribution in [0, 0.1) is 10.1 Å². The summed E-state index contributed by atoms with van der Waals surface area (Å²) in [5.74, 6) is -0.182. The second-order valence-electron chi connectivity index (χ2n) is 5.96. The number of hydrogen-bond acceptors (Lipinski definition) is 4. The molecule has 1 amide bonds. The second-order valence-corrected chi connectivity index (χ2v) is 5.96. The molecule has 0 saturated carbocycles. The van der Waals surface area contributed by atoms with E-state index in [1.165, 1.54) is 49.9 Å². The number of nitrogens with one attached hydrogen (secondary N) is 1. The summed E-state index contributed by atoms with van der Waals surface area (Å²) in [4.78, 5) is 24.6. The third-order valence-electron chi connectivity index (χ3n) is 3.93. The Morgan fingerprint density at radius 1 is 1.04 bits per heavy atom. The Labute approximate surface area is 144 Å². The largest absolute Gasteiger partial charge is 0.352 e. The van der Waals surface area contributed by atoms with Crippen molar-refractivity contribution >= 4 is 11.6 Å². The summed E-state index contributed by atoms with van der Waals surface area (Å²) in [6, 6.07) is 5.68. The van der Waals surface area contributed by atoms with Gasteiger partial charge in [-0.05, 0) is 51.0 Å². The molecule has 134 valence electrons. The van der Waals surface area contributed by atoms with Crippen molar-refractivity contribution in [3.8, 4) is 0 Å². The van der Waals surface area contributed by atoms with Gasteiger partial charge < -0.3 is 10.2 Å². The van der Waals surface area contributed by atoms with Gasteiger partial charge in [-0.3, -0.25) is 14.9 Å². The van der Waals surface area contributed by atoms with Crippen molar-refractivity contribution in [2.24, 2.45) is 0 Å². The molecule has 0 atom stereocenters. The van der Waals surface area contributed by atoms with Gasteiger partial charge in [0.15, 0.2) is 0 Å². The molecule has 1 rings (SSSR count). The maximum atomic E-state index is 12.0. The van der Waals surface area contributed by atoms with Crippen LogP contribution in [0.1, 0.15) is 56.3 Å². The van der Waals surface area contributed by atoms with Crippen molar-refractivity contribution < 1.29 is 9.72 Å². The maximum Gasteiger partial charge on any atom is 0.269 e. The van der Waals surface area contributed by atoms with E-state index in [0.717, 1.165) is 26.1 Å². The lowest BCUT2D eigenvalue weighted by atomic mass is 10.2. The number of unbranched alkanes of at least 4 members (excludes halogenated alkanes) is 2. The Bertz CT molecular complexity index is 495. The van der Waals surface area contributed by atoms with Crippen LogP contribution < -0.4 is 5.32 Å². The minimum absolute atomic E-state index is 0.00552. The highest BCUT2D eigenvalue weighted by Crippen LogP contribution is 2.11. The number of non-ortho nitro benzene ring substituents is 1. The topological polar surface area (TPSA) is 75.5 Å². The van der Waals surface area contributed by atoms with Gasteiger partial charge in [0.05, 0.1) is 4.92 Å². The molecule has 6 heteroatoms. The van der Waals surface area contributed by atoms with Gasteiger partial charge in [-0.1, -0.05) is 26.7 Å². The summed E-state index contributed by atoms with van der Waals surface area (Å²) in [7, 11) is 0. The first-order valence-electron chi connectivity index (χ1n) is 8.83. The number of nitro groups is 1. The van der Waals surface area contributed by atoms with Crippen LogP contribution >= 0.6 is 0 Å². The highest BCUT2D eigenvalue weighted by atomic mass is 16.6. The number of rotatable bonds is 12. The molecule has 0 bridgehead atoms. The van der Waals surface area contributed by atoms with E-state index < -0.39 is 4.92 Å². The standard InChI is InChI=1S/C18H29N3O3/c1-3-5-13-20(14-6-4-2)15-7-12-19-18(22)16-8-10-17(11-9-16)21(23)24/h8-11H,3-7,12-15H2,1-2H3,(H,19,22). The molecule has 24 heavy (non-hydrogen) atoms. The normalized spacial score (nSPS) is 10.8. The number of carbonyl (C=O) groups is 1. The molecule has 0 aliphatic heterocycles. The molecule has 0 saturated heterocycles. The molecule has 0 aliphatic carbocycles. The molecule has 0 spiro atoms. The molecule has 1 aromatic carbocycles. The lowest BCUT2D eigenvalue weighted by molar-refractivity contribution is -0.384. The van der Waals surface area contributed by atoms with E-state index in [0.29, 0.717) is 12.1 Å².